The fourth-order valence-corrected chi connectivity index (χ4v) is 7.17. The van der Waals surface area contributed by atoms with Gasteiger partial charge in [-0.3, -0.25) is 4.98 Å². The summed E-state index contributed by atoms with van der Waals surface area (Å²) in [7, 11) is -4.09. The molecule has 404 valence electrons. The van der Waals surface area contributed by atoms with E-state index in [2.05, 4.69) is 74.5 Å². The Balaban J connectivity index is 0.000000211. The second kappa shape index (κ2) is 31.0. The molecule has 0 bridgehead atoms. The van der Waals surface area contributed by atoms with Crippen LogP contribution in [0.15, 0.2) is 221 Å². The standard InChI is InChI=1S/C17H11NO.C17H10NO.2C12H10N.CHF3O3S.2CH4O.2Ir/c2*1-2-6-12(7-3-1)15-11-10-14-13-8-4-5-9-16(13)19-17(14)18-15;2*1-10-6-5-9-12(13-10)11-7-3-2-4-8-11;2-1(3,4)8(5,6)7;2*1-2;;/h1-11H;1-6,8-11H;2*2-7,9H,1H3;(H,5,6,7);2*2H,1H3;;/q;3*-1;;;;;/p-1. The van der Waals surface area contributed by atoms with Crippen molar-refractivity contribution in [3.05, 3.63) is 242 Å². The Morgan fingerprint density at radius 1 is 0.423 bits per heavy atom. The van der Waals surface area contributed by atoms with Crippen LogP contribution in [0.3, 0.4) is 0 Å². The first-order valence-corrected chi connectivity index (χ1v) is 24.5. The van der Waals surface area contributed by atoms with Gasteiger partial charge in [0.1, 0.15) is 11.2 Å². The molecule has 0 saturated carbocycles. The summed E-state index contributed by atoms with van der Waals surface area (Å²) in [5.41, 5.74) is 7.53. The van der Waals surface area contributed by atoms with Crippen LogP contribution in [0, 0.1) is 32.0 Å². The zero-order valence-corrected chi connectivity index (χ0v) is 47.7. The number of aryl methyl sites for hydroxylation is 2. The number of rotatable bonds is 4. The average molecular weight is 1420 g/mol. The Morgan fingerprint density at radius 2 is 0.769 bits per heavy atom. The van der Waals surface area contributed by atoms with Gasteiger partial charge in [-0.2, -0.15) is 13.2 Å². The maximum absolute atomic E-state index is 10.7. The van der Waals surface area contributed by atoms with Gasteiger partial charge >= 0.3 is 5.51 Å². The number of nitrogens with zero attached hydrogens (tertiary/aromatic N) is 4. The molecule has 6 aromatic heterocycles. The second-order valence-corrected chi connectivity index (χ2v) is 17.1. The Kier molecular flexibility index (Phi) is 25.0. The minimum absolute atomic E-state index is 0. The molecule has 17 heteroatoms. The van der Waals surface area contributed by atoms with Crippen LogP contribution in [-0.2, 0) is 50.3 Å². The monoisotopic (exact) mass is 1420 g/mol. The second-order valence-electron chi connectivity index (χ2n) is 15.7. The van der Waals surface area contributed by atoms with Crippen LogP contribution in [0.4, 0.5) is 13.2 Å². The molecule has 78 heavy (non-hydrogen) atoms. The molecule has 0 spiro atoms. The third-order valence-electron chi connectivity index (χ3n) is 10.6. The topological polar surface area (TPSA) is 175 Å². The van der Waals surface area contributed by atoms with E-state index >= 15 is 0 Å². The van der Waals surface area contributed by atoms with E-state index in [0.29, 0.717) is 11.4 Å². The van der Waals surface area contributed by atoms with Crippen molar-refractivity contribution in [2.45, 2.75) is 19.4 Å². The first-order valence-electron chi connectivity index (χ1n) is 23.1. The minimum atomic E-state index is -6.09. The number of alkyl halides is 3. The average Bonchev–Trinajstić information content (AvgIpc) is 4.07. The molecule has 0 amide bonds. The Bertz CT molecular complexity index is 3590. The van der Waals surface area contributed by atoms with Crippen LogP contribution in [0.1, 0.15) is 11.4 Å². The first kappa shape index (κ1) is 63.0. The Labute approximate surface area is 477 Å². The number of furan rings is 2. The fourth-order valence-electron chi connectivity index (χ4n) is 7.17. The number of aromatic nitrogens is 4. The molecule has 0 fully saturated rings. The molecule has 0 atom stereocenters. The molecule has 6 aromatic carbocycles. The number of benzene rings is 6. The van der Waals surface area contributed by atoms with Crippen molar-refractivity contribution in [2.75, 3.05) is 14.2 Å². The van der Waals surface area contributed by atoms with Crippen LogP contribution in [-0.4, -0.2) is 62.8 Å². The van der Waals surface area contributed by atoms with Gasteiger partial charge in [0.15, 0.2) is 10.1 Å². The zero-order valence-electron chi connectivity index (χ0n) is 42.1. The van der Waals surface area contributed by atoms with Crippen molar-refractivity contribution in [3.63, 3.8) is 0 Å². The molecule has 6 heterocycles. The number of para-hydroxylation sites is 2. The van der Waals surface area contributed by atoms with Crippen molar-refractivity contribution in [1.82, 2.24) is 19.9 Å². The molecular formula is C61H49F3Ir2N4O7S-4. The predicted octanol–water partition coefficient (Wildman–Crippen LogP) is 14.1. The van der Waals surface area contributed by atoms with Crippen LogP contribution in [0.25, 0.3) is 89.2 Å². The number of aliphatic hydroxyl groups excluding tert-OH is 2. The van der Waals surface area contributed by atoms with E-state index in [0.717, 1.165) is 103 Å². The van der Waals surface area contributed by atoms with Crippen molar-refractivity contribution >= 4 is 54.3 Å². The summed E-state index contributed by atoms with van der Waals surface area (Å²) < 4.78 is 70.5. The first-order chi connectivity index (χ1) is 36.8. The maximum Gasteiger partial charge on any atom is 0.485 e. The molecule has 0 unspecified atom stereocenters. The summed E-state index contributed by atoms with van der Waals surface area (Å²) in [6, 6.07) is 79.4. The summed E-state index contributed by atoms with van der Waals surface area (Å²) in [5.74, 6) is 0. The Morgan fingerprint density at radius 3 is 1.14 bits per heavy atom. The van der Waals surface area contributed by atoms with E-state index in [9.17, 15) is 13.2 Å². The molecule has 2 radical (unpaired) electrons. The van der Waals surface area contributed by atoms with Gasteiger partial charge in [-0.1, -0.05) is 103 Å². The molecule has 12 rings (SSSR count). The van der Waals surface area contributed by atoms with Gasteiger partial charge in [0.2, 0.25) is 11.4 Å². The van der Waals surface area contributed by atoms with Crippen molar-refractivity contribution < 1.29 is 85.4 Å². The van der Waals surface area contributed by atoms with Crippen molar-refractivity contribution in [3.8, 4) is 45.0 Å². The maximum atomic E-state index is 10.7. The van der Waals surface area contributed by atoms with Crippen LogP contribution >= 0.6 is 0 Å². The van der Waals surface area contributed by atoms with Gasteiger partial charge in [-0.25, -0.2) is 13.4 Å². The number of fused-ring (bicyclic) bond motifs is 6. The van der Waals surface area contributed by atoms with E-state index in [-0.39, 0.29) is 40.2 Å². The van der Waals surface area contributed by atoms with Gasteiger partial charge in [-0.15, -0.1) is 108 Å². The quantitative estimate of drug-likeness (QED) is 0.0974. The smallest absolute Gasteiger partial charge is 0.485 e. The van der Waals surface area contributed by atoms with Crippen molar-refractivity contribution in [1.29, 1.82) is 0 Å². The summed E-state index contributed by atoms with van der Waals surface area (Å²) >= 11 is 0. The predicted molar refractivity (Wildman–Crippen MR) is 291 cm³/mol. The molecule has 0 aliphatic rings. The molecule has 11 nitrogen and oxygen atoms in total. The van der Waals surface area contributed by atoms with Crippen LogP contribution < -0.4 is 0 Å². The zero-order chi connectivity index (χ0) is 54.5. The third kappa shape index (κ3) is 17.5. The SMILES string of the molecule is CO.CO.Cc1cccc(-c2[c-]cccc2)n1.Cc1cccc(-c2[c-]cccc2)n1.O=S(=O)([O-])C(F)(F)F.[Ir].[Ir].[c-]1ccccc1-c1ccc2c(n1)oc1ccccc12.c1ccc(-c2ccc3c(n2)oc2ccccc23)cc1. The molecule has 0 aliphatic carbocycles. The van der Waals surface area contributed by atoms with Gasteiger partial charge in [0.25, 0.3) is 0 Å². The number of aliphatic hydroxyl groups is 2. The molecule has 12 aromatic rings. The van der Waals surface area contributed by atoms with Crippen LogP contribution in [0.5, 0.6) is 0 Å². The number of hydrogen-bond donors (Lipinski definition) is 2. The molecular weight excluding hydrogens is 1370 g/mol. The minimum Gasteiger partial charge on any atom is -0.741 e. The van der Waals surface area contributed by atoms with E-state index < -0.39 is 15.6 Å². The van der Waals surface area contributed by atoms with E-state index in [1.165, 1.54) is 0 Å². The fraction of sp³-hybridized carbons (Fsp3) is 0.0820. The van der Waals surface area contributed by atoms with Gasteiger partial charge in [0.05, 0.1) is 5.69 Å². The van der Waals surface area contributed by atoms with Gasteiger partial charge < -0.3 is 33.6 Å². The normalized spacial score (nSPS) is 10.3. The molecule has 0 aliphatic heterocycles. The van der Waals surface area contributed by atoms with Crippen molar-refractivity contribution in [2.24, 2.45) is 0 Å². The number of hydrogen-bond acceptors (Lipinski definition) is 11. The van der Waals surface area contributed by atoms with Crippen LogP contribution in [0.2, 0.25) is 0 Å². The van der Waals surface area contributed by atoms with Gasteiger partial charge in [0, 0.05) is 92.9 Å². The summed E-state index contributed by atoms with van der Waals surface area (Å²) in [4.78, 5) is 18.0. The van der Waals surface area contributed by atoms with E-state index in [1.54, 1.807) is 0 Å². The number of halogens is 3. The summed E-state index contributed by atoms with van der Waals surface area (Å²) in [5, 5.41) is 18.3. The van der Waals surface area contributed by atoms with Gasteiger partial charge in [-0.05, 0) is 67.3 Å². The Hall–Kier alpha value is -7.56. The number of pyridine rings is 4. The third-order valence-corrected chi connectivity index (χ3v) is 11.1. The molecule has 2 N–H and O–H groups in total. The summed E-state index contributed by atoms with van der Waals surface area (Å²) in [6.07, 6.45) is 0. The van der Waals surface area contributed by atoms with E-state index in [1.807, 2.05) is 190 Å². The van der Waals surface area contributed by atoms with E-state index in [4.69, 9.17) is 32.0 Å². The summed E-state index contributed by atoms with van der Waals surface area (Å²) in [6.45, 7) is 3.98. The molecule has 0 saturated heterocycles. The largest absolute Gasteiger partial charge is 0.741 e.